The zero-order chi connectivity index (χ0) is 19.9. The van der Waals surface area contributed by atoms with Crippen molar-refractivity contribution < 1.29 is 19.1 Å². The molecule has 0 atom stereocenters. The summed E-state index contributed by atoms with van der Waals surface area (Å²) in [5, 5.41) is 3.94. The number of nitrogens with zero attached hydrogens (tertiary/aromatic N) is 2. The maximum absolute atomic E-state index is 12.0. The molecule has 3 aromatic rings. The fourth-order valence-electron chi connectivity index (χ4n) is 2.25. The molecule has 0 spiro atoms. The molecule has 0 aliphatic heterocycles. The monoisotopic (exact) mass is 415 g/mol. The van der Waals surface area contributed by atoms with Crippen molar-refractivity contribution in [1.82, 2.24) is 10.4 Å². The smallest absolute Gasteiger partial charge is 0.308 e. The Morgan fingerprint density at radius 2 is 2.07 bits per heavy atom. The number of hydrogen-bond acceptors (Lipinski definition) is 8. The quantitative estimate of drug-likeness (QED) is 0.209. The van der Waals surface area contributed by atoms with E-state index in [0.29, 0.717) is 17.1 Å². The van der Waals surface area contributed by atoms with Crippen molar-refractivity contribution in [2.75, 3.05) is 12.9 Å². The number of fused-ring (bicyclic) bond motifs is 1. The third-order valence-electron chi connectivity index (χ3n) is 3.45. The van der Waals surface area contributed by atoms with Gasteiger partial charge in [-0.1, -0.05) is 23.9 Å². The average molecular weight is 415 g/mol. The van der Waals surface area contributed by atoms with Gasteiger partial charge in [0.15, 0.2) is 15.8 Å². The van der Waals surface area contributed by atoms with E-state index in [1.807, 2.05) is 24.3 Å². The molecule has 0 aliphatic carbocycles. The van der Waals surface area contributed by atoms with Crippen molar-refractivity contribution in [3.05, 3.63) is 48.0 Å². The van der Waals surface area contributed by atoms with Gasteiger partial charge in [-0.2, -0.15) is 5.10 Å². The summed E-state index contributed by atoms with van der Waals surface area (Å²) in [6.07, 6.45) is 1.49. The molecule has 3 rings (SSSR count). The maximum Gasteiger partial charge on any atom is 0.308 e. The van der Waals surface area contributed by atoms with Crippen molar-refractivity contribution >= 4 is 51.4 Å². The van der Waals surface area contributed by atoms with Crippen LogP contribution < -0.4 is 14.9 Å². The first kappa shape index (κ1) is 19.8. The molecule has 1 aromatic heterocycles. The zero-order valence-electron chi connectivity index (χ0n) is 15.2. The van der Waals surface area contributed by atoms with E-state index in [0.717, 1.165) is 14.6 Å². The fourth-order valence-corrected chi connectivity index (χ4v) is 4.12. The van der Waals surface area contributed by atoms with Crippen molar-refractivity contribution in [2.24, 2.45) is 5.10 Å². The summed E-state index contributed by atoms with van der Waals surface area (Å²) in [7, 11) is 1.48. The number of thioether (sulfide) groups is 1. The lowest BCUT2D eigenvalue weighted by atomic mass is 10.2. The maximum atomic E-state index is 12.0. The van der Waals surface area contributed by atoms with Crippen molar-refractivity contribution in [3.63, 3.8) is 0 Å². The van der Waals surface area contributed by atoms with Gasteiger partial charge in [-0.25, -0.2) is 10.4 Å². The Kier molecular flexibility index (Phi) is 6.62. The Morgan fingerprint density at radius 1 is 1.25 bits per heavy atom. The second kappa shape index (κ2) is 9.34. The highest BCUT2D eigenvalue weighted by Crippen LogP contribution is 2.29. The number of aromatic nitrogens is 1. The Labute approximate surface area is 169 Å². The summed E-state index contributed by atoms with van der Waals surface area (Å²) < 4.78 is 12.2. The lowest BCUT2D eigenvalue weighted by Gasteiger charge is -2.08. The van der Waals surface area contributed by atoms with Gasteiger partial charge in [-0.15, -0.1) is 11.3 Å². The number of esters is 1. The molecule has 28 heavy (non-hydrogen) atoms. The Hall–Kier alpha value is -2.91. The average Bonchev–Trinajstić information content (AvgIpc) is 3.10. The number of amides is 1. The first-order chi connectivity index (χ1) is 13.5. The molecule has 1 heterocycles. The summed E-state index contributed by atoms with van der Waals surface area (Å²) in [5.74, 6) is 0.271. The highest BCUT2D eigenvalue weighted by Gasteiger charge is 2.08. The lowest BCUT2D eigenvalue weighted by molar-refractivity contribution is -0.132. The third kappa shape index (κ3) is 5.30. The van der Waals surface area contributed by atoms with Gasteiger partial charge in [0.25, 0.3) is 5.91 Å². The summed E-state index contributed by atoms with van der Waals surface area (Å²) >= 11 is 2.92. The number of rotatable bonds is 7. The number of methoxy groups -OCH3 is 1. The fraction of sp³-hybridized carbons (Fsp3) is 0.158. The summed E-state index contributed by atoms with van der Waals surface area (Å²) in [6, 6.07) is 12.8. The predicted molar refractivity (Wildman–Crippen MR) is 110 cm³/mol. The number of hydrazone groups is 1. The van der Waals surface area contributed by atoms with E-state index in [1.54, 1.807) is 29.5 Å². The van der Waals surface area contributed by atoms with E-state index >= 15 is 0 Å². The molecule has 0 bridgehead atoms. The second-order valence-electron chi connectivity index (χ2n) is 5.53. The number of ether oxygens (including phenoxy) is 2. The molecule has 0 fully saturated rings. The zero-order valence-corrected chi connectivity index (χ0v) is 16.8. The lowest BCUT2D eigenvalue weighted by Crippen LogP contribution is -2.19. The van der Waals surface area contributed by atoms with Crippen LogP contribution in [0.4, 0.5) is 0 Å². The van der Waals surface area contributed by atoms with Crippen molar-refractivity contribution in [2.45, 2.75) is 11.3 Å². The largest absolute Gasteiger partial charge is 0.493 e. The molecule has 144 valence electrons. The minimum Gasteiger partial charge on any atom is -0.493 e. The number of hydrogen-bond donors (Lipinski definition) is 1. The summed E-state index contributed by atoms with van der Waals surface area (Å²) in [5.41, 5.74) is 4.10. The Morgan fingerprint density at radius 3 is 2.82 bits per heavy atom. The van der Waals surface area contributed by atoms with Crippen LogP contribution in [0.1, 0.15) is 12.5 Å². The number of thiazole rings is 1. The van der Waals surface area contributed by atoms with Crippen LogP contribution in [0.5, 0.6) is 11.5 Å². The number of para-hydroxylation sites is 1. The molecular weight excluding hydrogens is 398 g/mol. The predicted octanol–water partition coefficient (Wildman–Crippen LogP) is 3.47. The van der Waals surface area contributed by atoms with Crippen LogP contribution in [0, 0.1) is 0 Å². The Balaban J connectivity index is 1.53. The van der Waals surface area contributed by atoms with Gasteiger partial charge in [0.05, 0.1) is 29.3 Å². The van der Waals surface area contributed by atoms with Crippen LogP contribution in [0.15, 0.2) is 51.9 Å². The molecule has 1 amide bonds. The molecular formula is C19H17N3O4S2. The first-order valence-corrected chi connectivity index (χ1v) is 10.0. The van der Waals surface area contributed by atoms with E-state index in [2.05, 4.69) is 15.5 Å². The van der Waals surface area contributed by atoms with Gasteiger partial charge in [0, 0.05) is 6.92 Å². The number of carbonyl (C=O) groups excluding carboxylic acids is 2. The summed E-state index contributed by atoms with van der Waals surface area (Å²) in [4.78, 5) is 27.5. The normalized spacial score (nSPS) is 10.9. The van der Waals surface area contributed by atoms with E-state index in [1.165, 1.54) is 32.0 Å². The molecule has 0 saturated heterocycles. The first-order valence-electron chi connectivity index (χ1n) is 8.22. The highest BCUT2D eigenvalue weighted by atomic mass is 32.2. The van der Waals surface area contributed by atoms with Gasteiger partial charge < -0.3 is 9.47 Å². The number of nitrogens with one attached hydrogen (secondary N) is 1. The van der Waals surface area contributed by atoms with Crippen LogP contribution in [0.2, 0.25) is 0 Å². The van der Waals surface area contributed by atoms with Gasteiger partial charge in [-0.3, -0.25) is 9.59 Å². The molecule has 2 aromatic carbocycles. The number of benzene rings is 2. The minimum absolute atomic E-state index is 0.214. The van der Waals surface area contributed by atoms with Crippen molar-refractivity contribution in [1.29, 1.82) is 0 Å². The van der Waals surface area contributed by atoms with Crippen molar-refractivity contribution in [3.8, 4) is 11.5 Å². The third-order valence-corrected chi connectivity index (χ3v) is 5.62. The minimum atomic E-state index is -0.433. The SMILES string of the molecule is COc1cc(/C=N/NC(=O)CSc2nc3ccccc3s2)ccc1OC(C)=O. The molecule has 0 radical (unpaired) electrons. The van der Waals surface area contributed by atoms with E-state index < -0.39 is 5.97 Å². The van der Waals surface area contributed by atoms with Crippen LogP contribution in [0.3, 0.4) is 0 Å². The highest BCUT2D eigenvalue weighted by molar-refractivity contribution is 8.01. The Bertz CT molecular complexity index is 1000. The number of carbonyl (C=O) groups is 2. The molecule has 1 N–H and O–H groups in total. The van der Waals surface area contributed by atoms with Crippen LogP contribution in [-0.2, 0) is 9.59 Å². The van der Waals surface area contributed by atoms with E-state index in [-0.39, 0.29) is 11.7 Å². The van der Waals surface area contributed by atoms with Crippen LogP contribution >= 0.6 is 23.1 Å². The second-order valence-corrected chi connectivity index (χ2v) is 7.79. The molecule has 7 nitrogen and oxygen atoms in total. The molecule has 9 heteroatoms. The van der Waals surface area contributed by atoms with Gasteiger partial charge >= 0.3 is 5.97 Å². The van der Waals surface area contributed by atoms with E-state index in [9.17, 15) is 9.59 Å². The van der Waals surface area contributed by atoms with Crippen LogP contribution in [-0.4, -0.2) is 35.9 Å². The van der Waals surface area contributed by atoms with Gasteiger partial charge in [-0.05, 0) is 35.9 Å². The topological polar surface area (TPSA) is 89.9 Å². The molecule has 0 unspecified atom stereocenters. The van der Waals surface area contributed by atoms with E-state index in [4.69, 9.17) is 9.47 Å². The van der Waals surface area contributed by atoms with Crippen LogP contribution in [0.25, 0.3) is 10.2 Å². The summed E-state index contributed by atoms with van der Waals surface area (Å²) in [6.45, 7) is 1.32. The van der Waals surface area contributed by atoms with Gasteiger partial charge in [0.2, 0.25) is 0 Å². The van der Waals surface area contributed by atoms with Gasteiger partial charge in [0.1, 0.15) is 0 Å². The molecule has 0 aliphatic rings. The standard InChI is InChI=1S/C19H17N3O4S2/c1-12(23)26-15-8-7-13(9-16(15)25-2)10-20-22-18(24)11-27-19-21-14-5-3-4-6-17(14)28-19/h3-10H,11H2,1-2H3,(H,22,24)/b20-10+. The molecule has 0 saturated carbocycles.